The maximum absolute atomic E-state index is 14.8. The van der Waals surface area contributed by atoms with Crippen molar-refractivity contribution in [3.05, 3.63) is 114 Å². The Labute approximate surface area is 308 Å². The number of alkyl halides is 3. The summed E-state index contributed by atoms with van der Waals surface area (Å²) in [6.45, 7) is 9.23. The molecule has 0 unspecified atom stereocenters. The normalized spacial score (nSPS) is 19.9. The molecule has 0 radical (unpaired) electrons. The van der Waals surface area contributed by atoms with E-state index < -0.39 is 38.0 Å². The quantitative estimate of drug-likeness (QED) is 0.150. The average Bonchev–Trinajstić information content (AvgIpc) is 3.49. The molecule has 1 fully saturated rings. The highest BCUT2D eigenvalue weighted by Crippen LogP contribution is 2.49. The van der Waals surface area contributed by atoms with Crippen molar-refractivity contribution >= 4 is 53.2 Å². The molecule has 7 nitrogen and oxygen atoms in total. The summed E-state index contributed by atoms with van der Waals surface area (Å²) in [6, 6.07) is 26.4. The smallest absolute Gasteiger partial charge is 0.402 e. The molecule has 12 heteroatoms. The lowest BCUT2D eigenvalue weighted by atomic mass is 9.71. The van der Waals surface area contributed by atoms with Crippen LogP contribution in [0.25, 0.3) is 5.65 Å². The molecular formula is C40H43ClF3N5O2Si. The SMILES string of the molecule is CN(C(=O)C1CC(C)(O[Si](c2ccccc2)(c2ccccc2)C(C)(C)C)C1)[C@@H](c1ccc(N2CCCc3c2cnc2cc(Cl)nn32)cc1)C(F)(F)F. The van der Waals surface area contributed by atoms with E-state index in [1.165, 1.54) is 19.2 Å². The Bertz CT molecular complexity index is 2020. The summed E-state index contributed by atoms with van der Waals surface area (Å²) < 4.78 is 53.5. The van der Waals surface area contributed by atoms with Crippen molar-refractivity contribution in [2.75, 3.05) is 18.5 Å². The molecule has 3 aromatic carbocycles. The standard InChI is InChI=1S/C40H43ClF3N5O2Si/c1-38(2,3)52(30-13-8-6-9-14-30,31-15-10-7-11-16-31)51-39(4)24-28(25-39)37(50)47(5)36(40(42,43)44)27-18-20-29(21-19-27)48-22-12-17-32-33(48)26-45-35-23-34(41)46-49(32)35/h6-11,13-16,18-21,23,26,28,36H,12,17,22,24-25H2,1-5H3/t28?,36-,39?/m0/s1. The molecule has 1 amide bonds. The third-order valence-corrected chi connectivity index (χ3v) is 16.1. The first kappa shape index (κ1) is 36.2. The van der Waals surface area contributed by atoms with Crippen molar-refractivity contribution in [1.29, 1.82) is 0 Å². The second kappa shape index (κ2) is 13.3. The fraction of sp³-hybridized carbons (Fsp3) is 0.375. The van der Waals surface area contributed by atoms with Crippen LogP contribution in [0, 0.1) is 5.92 Å². The molecule has 1 aliphatic heterocycles. The molecule has 7 rings (SSSR count). The Hall–Kier alpha value is -4.19. The van der Waals surface area contributed by atoms with Gasteiger partial charge in [0.2, 0.25) is 5.91 Å². The maximum atomic E-state index is 14.8. The zero-order chi connectivity index (χ0) is 37.1. The third-order valence-electron chi connectivity index (χ3n) is 10.7. The van der Waals surface area contributed by atoms with E-state index in [9.17, 15) is 18.0 Å². The molecule has 52 heavy (non-hydrogen) atoms. The van der Waals surface area contributed by atoms with Crippen molar-refractivity contribution in [2.45, 2.75) is 76.2 Å². The fourth-order valence-corrected chi connectivity index (χ4v) is 13.4. The molecule has 272 valence electrons. The number of hydrogen-bond donors (Lipinski definition) is 0. The van der Waals surface area contributed by atoms with Crippen LogP contribution >= 0.6 is 11.6 Å². The number of fused-ring (bicyclic) bond motifs is 3. The van der Waals surface area contributed by atoms with Gasteiger partial charge in [0, 0.05) is 31.3 Å². The minimum atomic E-state index is -4.68. The highest BCUT2D eigenvalue weighted by Gasteiger charge is 2.58. The molecule has 2 aromatic heterocycles. The first-order valence-corrected chi connectivity index (χ1v) is 20.0. The molecule has 1 aliphatic carbocycles. The summed E-state index contributed by atoms with van der Waals surface area (Å²) in [5.74, 6) is -1.13. The van der Waals surface area contributed by atoms with Gasteiger partial charge in [-0.1, -0.05) is 105 Å². The minimum absolute atomic E-state index is 0.00224. The second-order valence-electron chi connectivity index (χ2n) is 15.4. The number of benzene rings is 3. The zero-order valence-electron chi connectivity index (χ0n) is 30.0. The van der Waals surface area contributed by atoms with Crippen LogP contribution in [0.5, 0.6) is 0 Å². The van der Waals surface area contributed by atoms with Gasteiger partial charge in [-0.3, -0.25) is 4.79 Å². The molecule has 5 aromatic rings. The highest BCUT2D eigenvalue weighted by atomic mass is 35.5. The number of aromatic nitrogens is 3. The summed E-state index contributed by atoms with van der Waals surface area (Å²) in [7, 11) is -1.66. The monoisotopic (exact) mass is 745 g/mol. The van der Waals surface area contributed by atoms with E-state index in [0.717, 1.165) is 45.2 Å². The Morgan fingerprint density at radius 1 is 0.981 bits per heavy atom. The number of carbonyl (C=O) groups is 1. The summed E-state index contributed by atoms with van der Waals surface area (Å²) in [5, 5.41) is 6.67. The van der Waals surface area contributed by atoms with Gasteiger partial charge in [-0.05, 0) is 65.7 Å². The summed E-state index contributed by atoms with van der Waals surface area (Å²) >= 11 is 6.13. The number of halogens is 4. The van der Waals surface area contributed by atoms with Gasteiger partial charge in [0.15, 0.2) is 16.8 Å². The Morgan fingerprint density at radius 3 is 2.13 bits per heavy atom. The topological polar surface area (TPSA) is 63.0 Å². The number of aryl methyl sites for hydroxylation is 1. The van der Waals surface area contributed by atoms with E-state index in [1.807, 2.05) is 48.2 Å². The Balaban J connectivity index is 1.11. The summed E-state index contributed by atoms with van der Waals surface area (Å²) in [6.07, 6.45) is -0.662. The Morgan fingerprint density at radius 2 is 1.58 bits per heavy atom. The molecule has 3 heterocycles. The van der Waals surface area contributed by atoms with Crippen LogP contribution in [0.4, 0.5) is 24.5 Å². The lowest BCUT2D eigenvalue weighted by Crippen LogP contribution is -2.71. The zero-order valence-corrected chi connectivity index (χ0v) is 31.7. The van der Waals surface area contributed by atoms with Crippen LogP contribution in [0.3, 0.4) is 0 Å². The lowest BCUT2D eigenvalue weighted by molar-refractivity contribution is -0.194. The number of amides is 1. The molecule has 1 atom stereocenters. The van der Waals surface area contributed by atoms with Crippen LogP contribution in [-0.4, -0.2) is 59.1 Å². The lowest BCUT2D eigenvalue weighted by Gasteiger charge is -2.54. The first-order valence-electron chi connectivity index (χ1n) is 17.7. The van der Waals surface area contributed by atoms with Gasteiger partial charge in [-0.15, -0.1) is 0 Å². The molecule has 0 spiro atoms. The number of rotatable bonds is 8. The number of carbonyl (C=O) groups excluding carboxylic acids is 1. The van der Waals surface area contributed by atoms with E-state index >= 15 is 0 Å². The largest absolute Gasteiger partial charge is 0.413 e. The molecule has 0 N–H and O–H groups in total. The summed E-state index contributed by atoms with van der Waals surface area (Å²) in [4.78, 5) is 21.3. The van der Waals surface area contributed by atoms with Gasteiger partial charge in [0.25, 0.3) is 8.32 Å². The van der Waals surface area contributed by atoms with Gasteiger partial charge in [-0.25, -0.2) is 9.50 Å². The first-order chi connectivity index (χ1) is 24.6. The van der Waals surface area contributed by atoms with Crippen molar-refractivity contribution in [3.63, 3.8) is 0 Å². The van der Waals surface area contributed by atoms with Gasteiger partial charge in [0.1, 0.15) is 0 Å². The average molecular weight is 746 g/mol. The van der Waals surface area contributed by atoms with Crippen molar-refractivity contribution in [1.82, 2.24) is 19.5 Å². The highest BCUT2D eigenvalue weighted by molar-refractivity contribution is 6.99. The van der Waals surface area contributed by atoms with E-state index in [-0.39, 0.29) is 10.6 Å². The second-order valence-corrected chi connectivity index (χ2v) is 20.0. The fourth-order valence-electron chi connectivity index (χ4n) is 8.34. The van der Waals surface area contributed by atoms with E-state index in [1.54, 1.807) is 28.9 Å². The predicted octanol–water partition coefficient (Wildman–Crippen LogP) is 8.27. The molecule has 2 aliphatic rings. The van der Waals surface area contributed by atoms with Gasteiger partial charge < -0.3 is 14.2 Å². The van der Waals surface area contributed by atoms with Crippen LogP contribution in [0.2, 0.25) is 10.2 Å². The number of hydrogen-bond acceptors (Lipinski definition) is 5. The Kier molecular flexibility index (Phi) is 9.28. The van der Waals surface area contributed by atoms with Gasteiger partial charge in [-0.2, -0.15) is 18.3 Å². The number of nitrogens with zero attached hydrogens (tertiary/aromatic N) is 5. The minimum Gasteiger partial charge on any atom is -0.402 e. The van der Waals surface area contributed by atoms with Crippen LogP contribution < -0.4 is 15.3 Å². The van der Waals surface area contributed by atoms with E-state index in [2.05, 4.69) is 55.1 Å². The summed E-state index contributed by atoms with van der Waals surface area (Å²) in [5.41, 5.74) is 2.46. The molecule has 0 bridgehead atoms. The van der Waals surface area contributed by atoms with Gasteiger partial charge in [0.05, 0.1) is 23.2 Å². The molecule has 0 saturated heterocycles. The maximum Gasteiger partial charge on any atom is 0.413 e. The molecular weight excluding hydrogens is 703 g/mol. The van der Waals surface area contributed by atoms with Crippen molar-refractivity contribution in [3.8, 4) is 0 Å². The molecule has 1 saturated carbocycles. The number of anilines is 2. The third kappa shape index (κ3) is 6.41. The van der Waals surface area contributed by atoms with Gasteiger partial charge >= 0.3 is 6.18 Å². The predicted molar refractivity (Wildman–Crippen MR) is 201 cm³/mol. The van der Waals surface area contributed by atoms with Crippen molar-refractivity contribution < 1.29 is 22.4 Å². The van der Waals surface area contributed by atoms with E-state index in [4.69, 9.17) is 16.0 Å². The van der Waals surface area contributed by atoms with Crippen LogP contribution in [0.1, 0.15) is 64.3 Å². The van der Waals surface area contributed by atoms with Crippen LogP contribution in [-0.2, 0) is 15.6 Å². The van der Waals surface area contributed by atoms with E-state index in [0.29, 0.717) is 30.2 Å². The van der Waals surface area contributed by atoms with Crippen LogP contribution in [0.15, 0.2) is 97.2 Å². The van der Waals surface area contributed by atoms with Crippen molar-refractivity contribution in [2.24, 2.45) is 5.92 Å².